The molecule has 1 aromatic rings. The average Bonchev–Trinajstić information content (AvgIpc) is 2.92. The lowest BCUT2D eigenvalue weighted by atomic mass is 10.2. The number of rotatable bonds is 4. The second kappa shape index (κ2) is 5.81. The quantitative estimate of drug-likeness (QED) is 0.889. The molecule has 1 N–H and O–H groups in total. The number of aliphatic hydroxyl groups is 1. The summed E-state index contributed by atoms with van der Waals surface area (Å²) in [6.45, 7) is 3.85. The van der Waals surface area contributed by atoms with Crippen LogP contribution in [0.2, 0.25) is 0 Å². The van der Waals surface area contributed by atoms with E-state index in [2.05, 4.69) is 15.9 Å². The van der Waals surface area contributed by atoms with Crippen molar-refractivity contribution < 1.29 is 13.5 Å². The van der Waals surface area contributed by atoms with E-state index in [4.69, 9.17) is 5.11 Å². The fourth-order valence-corrected chi connectivity index (χ4v) is 7.08. The molecule has 2 rings (SSSR count). The Labute approximate surface area is 126 Å². The highest BCUT2D eigenvalue weighted by molar-refractivity contribution is 9.11. The Kier molecular flexibility index (Phi) is 4.72. The van der Waals surface area contributed by atoms with Gasteiger partial charge in [0.05, 0.1) is 10.4 Å². The molecule has 0 aromatic carbocycles. The third-order valence-corrected chi connectivity index (χ3v) is 7.90. The Hall–Kier alpha value is 0.0500. The van der Waals surface area contributed by atoms with Gasteiger partial charge in [0.2, 0.25) is 10.0 Å². The van der Waals surface area contributed by atoms with Crippen LogP contribution in [0.15, 0.2) is 14.7 Å². The SMILES string of the molecule is CCC1CCC(C)N1S(=O)(=O)c1cc(CO)sc1Br. The first-order valence-corrected chi connectivity index (χ1v) is 9.39. The van der Waals surface area contributed by atoms with Crippen LogP contribution in [0, 0.1) is 0 Å². The molecule has 1 aliphatic heterocycles. The predicted molar refractivity (Wildman–Crippen MR) is 79.7 cm³/mol. The van der Waals surface area contributed by atoms with Crippen molar-refractivity contribution in [1.82, 2.24) is 4.31 Å². The van der Waals surface area contributed by atoms with E-state index < -0.39 is 10.0 Å². The summed E-state index contributed by atoms with van der Waals surface area (Å²) < 4.78 is 27.8. The fraction of sp³-hybridized carbons (Fsp3) is 0.667. The van der Waals surface area contributed by atoms with Gasteiger partial charge in [0, 0.05) is 17.0 Å². The summed E-state index contributed by atoms with van der Waals surface area (Å²) in [7, 11) is -3.48. The van der Waals surface area contributed by atoms with E-state index in [9.17, 15) is 8.42 Å². The van der Waals surface area contributed by atoms with E-state index in [1.54, 1.807) is 10.4 Å². The highest BCUT2D eigenvalue weighted by Gasteiger charge is 2.40. The van der Waals surface area contributed by atoms with Crippen molar-refractivity contribution in [1.29, 1.82) is 0 Å². The van der Waals surface area contributed by atoms with Crippen LogP contribution in [0.25, 0.3) is 0 Å². The van der Waals surface area contributed by atoms with Gasteiger partial charge in [-0.05, 0) is 48.2 Å². The van der Waals surface area contributed by atoms with E-state index in [0.717, 1.165) is 19.3 Å². The number of nitrogens with zero attached hydrogens (tertiary/aromatic N) is 1. The molecule has 0 aliphatic carbocycles. The Morgan fingerprint density at radius 3 is 2.74 bits per heavy atom. The van der Waals surface area contributed by atoms with Crippen molar-refractivity contribution in [2.45, 2.75) is 56.7 Å². The van der Waals surface area contributed by atoms with E-state index in [1.165, 1.54) is 11.3 Å². The Morgan fingerprint density at radius 1 is 1.53 bits per heavy atom. The van der Waals surface area contributed by atoms with Crippen molar-refractivity contribution in [2.24, 2.45) is 0 Å². The summed E-state index contributed by atoms with van der Waals surface area (Å²) in [6, 6.07) is 1.70. The molecule has 2 unspecified atom stereocenters. The van der Waals surface area contributed by atoms with Gasteiger partial charge in [-0.25, -0.2) is 8.42 Å². The third-order valence-electron chi connectivity index (χ3n) is 3.60. The summed E-state index contributed by atoms with van der Waals surface area (Å²) in [5.74, 6) is 0. The number of thiophene rings is 1. The number of hydrogen-bond donors (Lipinski definition) is 1. The van der Waals surface area contributed by atoms with Gasteiger partial charge in [-0.15, -0.1) is 11.3 Å². The highest BCUT2D eigenvalue weighted by Crippen LogP contribution is 2.38. The van der Waals surface area contributed by atoms with E-state index in [0.29, 0.717) is 8.66 Å². The Balaban J connectivity index is 2.43. The lowest BCUT2D eigenvalue weighted by Gasteiger charge is -2.26. The topological polar surface area (TPSA) is 57.6 Å². The second-order valence-corrected chi connectivity index (χ2v) is 9.10. The van der Waals surface area contributed by atoms with Crippen LogP contribution in [0.4, 0.5) is 0 Å². The molecular formula is C12H18BrNO3S2. The molecule has 0 saturated carbocycles. The number of sulfonamides is 1. The monoisotopic (exact) mass is 367 g/mol. The lowest BCUT2D eigenvalue weighted by Crippen LogP contribution is -2.39. The van der Waals surface area contributed by atoms with Gasteiger partial charge < -0.3 is 5.11 Å². The van der Waals surface area contributed by atoms with Crippen LogP contribution in [0.1, 0.15) is 38.0 Å². The average molecular weight is 368 g/mol. The first kappa shape index (κ1) is 15.4. The molecule has 2 heterocycles. The summed E-state index contributed by atoms with van der Waals surface area (Å²) >= 11 is 4.58. The second-order valence-electron chi connectivity index (χ2n) is 4.83. The molecule has 2 atom stereocenters. The van der Waals surface area contributed by atoms with Gasteiger partial charge in [0.25, 0.3) is 0 Å². The molecule has 1 aromatic heterocycles. The standard InChI is InChI=1S/C12H18BrNO3S2/c1-3-9-5-4-8(2)14(9)19(16,17)11-6-10(7-15)18-12(11)13/h6,8-9,15H,3-5,7H2,1-2H3. The molecule has 1 fully saturated rings. The van der Waals surface area contributed by atoms with Crippen LogP contribution in [-0.2, 0) is 16.6 Å². The van der Waals surface area contributed by atoms with Crippen LogP contribution < -0.4 is 0 Å². The Morgan fingerprint density at radius 2 is 2.21 bits per heavy atom. The number of aliphatic hydroxyl groups excluding tert-OH is 1. The van der Waals surface area contributed by atoms with Gasteiger partial charge in [-0.1, -0.05) is 6.92 Å². The largest absolute Gasteiger partial charge is 0.391 e. The molecule has 1 saturated heterocycles. The van der Waals surface area contributed by atoms with E-state index in [1.807, 2.05) is 13.8 Å². The van der Waals surface area contributed by atoms with Crippen LogP contribution in [0.5, 0.6) is 0 Å². The molecule has 19 heavy (non-hydrogen) atoms. The maximum Gasteiger partial charge on any atom is 0.245 e. The highest BCUT2D eigenvalue weighted by atomic mass is 79.9. The minimum atomic E-state index is -3.48. The normalized spacial score (nSPS) is 25.1. The van der Waals surface area contributed by atoms with Crippen molar-refractivity contribution in [3.05, 3.63) is 14.7 Å². The van der Waals surface area contributed by atoms with Gasteiger partial charge in [0.15, 0.2) is 0 Å². The molecule has 7 heteroatoms. The summed E-state index contributed by atoms with van der Waals surface area (Å²) in [5.41, 5.74) is 0. The zero-order valence-electron chi connectivity index (χ0n) is 11.0. The third kappa shape index (κ3) is 2.76. The van der Waals surface area contributed by atoms with Crippen molar-refractivity contribution in [3.63, 3.8) is 0 Å². The zero-order valence-corrected chi connectivity index (χ0v) is 14.2. The molecule has 0 bridgehead atoms. The minimum absolute atomic E-state index is 0.0410. The first-order chi connectivity index (χ1) is 8.91. The minimum Gasteiger partial charge on any atom is -0.391 e. The zero-order chi connectivity index (χ0) is 14.2. The molecule has 0 spiro atoms. The van der Waals surface area contributed by atoms with Crippen LogP contribution in [0.3, 0.4) is 0 Å². The molecular weight excluding hydrogens is 350 g/mol. The first-order valence-electron chi connectivity index (χ1n) is 6.34. The van der Waals surface area contributed by atoms with E-state index >= 15 is 0 Å². The van der Waals surface area contributed by atoms with Crippen LogP contribution >= 0.6 is 27.3 Å². The van der Waals surface area contributed by atoms with E-state index in [-0.39, 0.29) is 23.6 Å². The van der Waals surface area contributed by atoms with Gasteiger partial charge >= 0.3 is 0 Å². The molecule has 0 radical (unpaired) electrons. The Bertz CT molecular complexity index is 555. The van der Waals surface area contributed by atoms with Crippen LogP contribution in [-0.4, -0.2) is 29.9 Å². The molecule has 1 aliphatic rings. The smallest absolute Gasteiger partial charge is 0.245 e. The fourth-order valence-electron chi connectivity index (χ4n) is 2.63. The van der Waals surface area contributed by atoms with Crippen molar-refractivity contribution in [2.75, 3.05) is 0 Å². The number of halogens is 1. The predicted octanol–water partition coefficient (Wildman–Crippen LogP) is 2.95. The van der Waals surface area contributed by atoms with Gasteiger partial charge in [-0.3, -0.25) is 0 Å². The molecule has 4 nitrogen and oxygen atoms in total. The van der Waals surface area contributed by atoms with Gasteiger partial charge in [-0.2, -0.15) is 4.31 Å². The summed E-state index contributed by atoms with van der Waals surface area (Å²) in [6.07, 6.45) is 2.66. The molecule has 108 valence electrons. The molecule has 0 amide bonds. The van der Waals surface area contributed by atoms with Gasteiger partial charge in [0.1, 0.15) is 4.90 Å². The summed E-state index contributed by atoms with van der Waals surface area (Å²) in [5, 5.41) is 9.14. The van der Waals surface area contributed by atoms with Crippen molar-refractivity contribution >= 4 is 37.3 Å². The maximum absolute atomic E-state index is 12.8. The summed E-state index contributed by atoms with van der Waals surface area (Å²) in [4.78, 5) is 0.944. The maximum atomic E-state index is 12.8. The number of hydrogen-bond acceptors (Lipinski definition) is 4. The van der Waals surface area contributed by atoms with Crippen molar-refractivity contribution in [3.8, 4) is 0 Å². The lowest BCUT2D eigenvalue weighted by molar-refractivity contribution is 0.285.